The van der Waals surface area contributed by atoms with Crippen molar-refractivity contribution < 1.29 is 43.5 Å². The molecule has 0 saturated carbocycles. The maximum atomic E-state index is 14.3. The van der Waals surface area contributed by atoms with Gasteiger partial charge in [0.15, 0.2) is 5.96 Å². The third-order valence-electron chi connectivity index (χ3n) is 10.9. The number of piperidine rings is 1. The van der Waals surface area contributed by atoms with E-state index in [0.29, 0.717) is 63.6 Å². The molecule has 3 rings (SSSR count). The molecule has 0 radical (unpaired) electrons. The van der Waals surface area contributed by atoms with Crippen molar-refractivity contribution >= 4 is 64.2 Å². The van der Waals surface area contributed by atoms with E-state index in [0.717, 1.165) is 10.9 Å². The number of rotatable bonds is 28. The molecule has 1 aliphatic heterocycles. The van der Waals surface area contributed by atoms with Crippen LogP contribution in [0.2, 0.25) is 0 Å². The lowest BCUT2D eigenvalue weighted by atomic mass is 9.99. The van der Waals surface area contributed by atoms with Crippen molar-refractivity contribution in [3.8, 4) is 0 Å². The van der Waals surface area contributed by atoms with Gasteiger partial charge in [0.2, 0.25) is 41.4 Å². The van der Waals surface area contributed by atoms with Crippen LogP contribution in [0.25, 0.3) is 10.9 Å². The number of aliphatic carboxylic acids is 1. The van der Waals surface area contributed by atoms with Gasteiger partial charge in [0.05, 0.1) is 13.1 Å². The molecule has 1 aliphatic rings. The average molecular weight is 913 g/mol. The molecule has 0 bridgehead atoms. The van der Waals surface area contributed by atoms with Gasteiger partial charge in [-0.1, -0.05) is 18.2 Å². The maximum Gasteiger partial charge on any atom is 0.325 e. The third kappa shape index (κ3) is 17.6. The molecule has 2 heterocycles. The molecular formula is C42H68N14O9. The van der Waals surface area contributed by atoms with Gasteiger partial charge in [-0.2, -0.15) is 0 Å². The van der Waals surface area contributed by atoms with Crippen molar-refractivity contribution in [2.45, 2.75) is 120 Å². The predicted molar refractivity (Wildman–Crippen MR) is 242 cm³/mol. The van der Waals surface area contributed by atoms with Gasteiger partial charge in [-0.3, -0.25) is 43.3 Å². The van der Waals surface area contributed by atoms with Crippen molar-refractivity contribution in [3.05, 3.63) is 36.0 Å². The van der Waals surface area contributed by atoms with E-state index in [4.69, 9.17) is 28.7 Å². The Morgan fingerprint density at radius 1 is 0.769 bits per heavy atom. The number of para-hydroxylation sites is 1. The number of hydrogen-bond donors (Lipinski definition) is 13. The summed E-state index contributed by atoms with van der Waals surface area (Å²) in [6.07, 6.45) is 5.77. The number of fused-ring (bicyclic) bond motifs is 1. The van der Waals surface area contributed by atoms with Gasteiger partial charge in [0.25, 0.3) is 0 Å². The van der Waals surface area contributed by atoms with Crippen LogP contribution >= 0.6 is 0 Å². The van der Waals surface area contributed by atoms with Gasteiger partial charge in [-0.25, -0.2) is 0 Å². The number of carboxylic acids is 1. The maximum absolute atomic E-state index is 14.3. The minimum Gasteiger partial charge on any atom is -0.480 e. The van der Waals surface area contributed by atoms with Crippen LogP contribution < -0.4 is 60.6 Å². The minimum atomic E-state index is -1.28. The molecule has 7 amide bonds. The van der Waals surface area contributed by atoms with E-state index in [1.165, 1.54) is 11.8 Å². The van der Waals surface area contributed by atoms with E-state index >= 15 is 0 Å². The Labute approximate surface area is 377 Å². The molecule has 360 valence electrons. The fourth-order valence-corrected chi connectivity index (χ4v) is 7.36. The highest BCUT2D eigenvalue weighted by Crippen LogP contribution is 2.21. The number of aromatic nitrogens is 1. The molecule has 1 aromatic carbocycles. The smallest absolute Gasteiger partial charge is 0.325 e. The van der Waals surface area contributed by atoms with Crippen LogP contribution in [-0.4, -0.2) is 144 Å². The van der Waals surface area contributed by atoms with Gasteiger partial charge in [0, 0.05) is 36.6 Å². The lowest BCUT2D eigenvalue weighted by Crippen LogP contribution is -2.60. The van der Waals surface area contributed by atoms with Gasteiger partial charge < -0.3 is 75.6 Å². The Balaban J connectivity index is 1.84. The molecule has 0 unspecified atom stereocenters. The van der Waals surface area contributed by atoms with Crippen molar-refractivity contribution in [1.82, 2.24) is 41.8 Å². The number of nitrogens with two attached hydrogens (primary N) is 5. The number of nitrogens with zero attached hydrogens (tertiary/aromatic N) is 2. The standard InChI is InChI=1S/C42H68N14O9/c1-25(41(64)65)51-37(60)30(13-4-7-17-43)53-39(62)32(21-26-23-49-28-12-3-2-11-27(26)28)55-38(61)31(14-5-8-18-44)54-40(63)33-16-6-9-20-56(33)35(58)24-50-36(59)29(52-34(57)22-45)15-10-19-48-42(46)47/h2-3,11-12,23,25,29-33,49H,4-10,13-22,24,43-45H2,1H3,(H,50,59)(H,51,60)(H,52,57)(H,53,62)(H,54,63)(H,55,61)(H,64,65)(H4,46,47,48)/t25-,29-,30-,31-,32-,33-/m0/s1. The highest BCUT2D eigenvalue weighted by molar-refractivity contribution is 5.97. The summed E-state index contributed by atoms with van der Waals surface area (Å²) in [6.45, 7) is 1.47. The summed E-state index contributed by atoms with van der Waals surface area (Å²) in [5.74, 6) is -5.97. The zero-order valence-corrected chi connectivity index (χ0v) is 37.1. The number of nitrogens with one attached hydrogen (secondary N) is 7. The van der Waals surface area contributed by atoms with Crippen LogP contribution in [0, 0.1) is 0 Å². The van der Waals surface area contributed by atoms with Gasteiger partial charge in [0.1, 0.15) is 36.3 Å². The molecule has 1 saturated heterocycles. The minimum absolute atomic E-state index is 0.0304. The summed E-state index contributed by atoms with van der Waals surface area (Å²) in [7, 11) is 0. The van der Waals surface area contributed by atoms with Crippen LogP contribution in [0.3, 0.4) is 0 Å². The number of carbonyl (C=O) groups is 8. The monoisotopic (exact) mass is 913 g/mol. The Morgan fingerprint density at radius 2 is 1.37 bits per heavy atom. The molecule has 1 fully saturated rings. The van der Waals surface area contributed by atoms with Gasteiger partial charge in [-0.15, -0.1) is 0 Å². The average Bonchev–Trinajstić information content (AvgIpc) is 3.70. The largest absolute Gasteiger partial charge is 0.480 e. The molecule has 23 heteroatoms. The number of aromatic amines is 1. The van der Waals surface area contributed by atoms with E-state index in [1.54, 1.807) is 6.20 Å². The summed E-state index contributed by atoms with van der Waals surface area (Å²) < 4.78 is 0. The molecule has 18 N–H and O–H groups in total. The van der Waals surface area contributed by atoms with E-state index in [-0.39, 0.29) is 57.7 Å². The number of H-pyrrole nitrogens is 1. The Bertz CT molecular complexity index is 1960. The molecule has 65 heavy (non-hydrogen) atoms. The molecule has 6 atom stereocenters. The number of amides is 7. The number of benzene rings is 1. The van der Waals surface area contributed by atoms with Crippen LogP contribution in [0.15, 0.2) is 35.5 Å². The molecular weight excluding hydrogens is 845 g/mol. The third-order valence-corrected chi connectivity index (χ3v) is 10.9. The van der Waals surface area contributed by atoms with E-state index in [9.17, 15) is 43.5 Å². The quantitative estimate of drug-likeness (QED) is 0.0230. The number of likely N-dealkylation sites (tertiary alicyclic amines) is 1. The van der Waals surface area contributed by atoms with Crippen LogP contribution in [0.4, 0.5) is 0 Å². The molecule has 23 nitrogen and oxygen atoms in total. The summed E-state index contributed by atoms with van der Waals surface area (Å²) in [4.78, 5) is 115. The topological polar surface area (TPSA) is 390 Å². The first-order valence-corrected chi connectivity index (χ1v) is 22.1. The number of carbonyl (C=O) groups excluding carboxylic acids is 7. The zero-order valence-electron chi connectivity index (χ0n) is 37.1. The van der Waals surface area contributed by atoms with E-state index in [2.05, 4.69) is 41.9 Å². The Kier molecular flexibility index (Phi) is 22.6. The second kappa shape index (κ2) is 27.8. The van der Waals surface area contributed by atoms with Gasteiger partial charge in [-0.05, 0) is 102 Å². The summed E-state index contributed by atoms with van der Waals surface area (Å²) in [6, 6.07) is 0.450. The summed E-state index contributed by atoms with van der Waals surface area (Å²) in [5.41, 5.74) is 29.1. The van der Waals surface area contributed by atoms with Crippen molar-refractivity contribution in [2.24, 2.45) is 33.7 Å². The number of carboxylic acid groups (broad SMARTS) is 1. The number of guanidine groups is 1. The fraction of sp³-hybridized carbons (Fsp3) is 0.595. The van der Waals surface area contributed by atoms with E-state index < -0.39 is 90.1 Å². The van der Waals surface area contributed by atoms with Crippen molar-refractivity contribution in [1.29, 1.82) is 0 Å². The summed E-state index contributed by atoms with van der Waals surface area (Å²) in [5, 5.41) is 26.0. The van der Waals surface area contributed by atoms with E-state index in [1.807, 2.05) is 24.3 Å². The lowest BCUT2D eigenvalue weighted by molar-refractivity contribution is -0.143. The van der Waals surface area contributed by atoms with Crippen LogP contribution in [-0.2, 0) is 44.8 Å². The molecule has 0 aliphatic carbocycles. The second-order valence-electron chi connectivity index (χ2n) is 16.0. The Hall–Kier alpha value is -6.33. The molecule has 2 aromatic rings. The second-order valence-corrected chi connectivity index (χ2v) is 16.0. The van der Waals surface area contributed by atoms with Crippen LogP contribution in [0.5, 0.6) is 0 Å². The predicted octanol–water partition coefficient (Wildman–Crippen LogP) is -2.99. The fourth-order valence-electron chi connectivity index (χ4n) is 7.36. The highest BCUT2D eigenvalue weighted by Gasteiger charge is 2.36. The first-order chi connectivity index (χ1) is 31.1. The SMILES string of the molecule is C[C@H](NC(=O)[C@H](CCCCN)NC(=O)[C@H](Cc1c[nH]c2ccccc12)NC(=O)[C@H](CCCCN)NC(=O)[C@@H]1CCCCN1C(=O)CNC(=O)[C@H](CCCN=C(N)N)NC(=O)CN)C(=O)O. The lowest BCUT2D eigenvalue weighted by Gasteiger charge is -2.36. The number of unbranched alkanes of at least 4 members (excludes halogenated alkanes) is 2. The number of hydrogen-bond acceptors (Lipinski definition) is 12. The van der Waals surface area contributed by atoms with Crippen molar-refractivity contribution in [3.63, 3.8) is 0 Å². The molecule has 0 spiro atoms. The van der Waals surface area contributed by atoms with Gasteiger partial charge >= 0.3 is 5.97 Å². The normalized spacial score (nSPS) is 15.9. The Morgan fingerprint density at radius 3 is 2.02 bits per heavy atom. The summed E-state index contributed by atoms with van der Waals surface area (Å²) >= 11 is 0. The number of aliphatic imine (C=N–C) groups is 1. The zero-order chi connectivity index (χ0) is 47.9. The van der Waals surface area contributed by atoms with Crippen LogP contribution in [0.1, 0.15) is 83.1 Å². The van der Waals surface area contributed by atoms with Crippen molar-refractivity contribution in [2.75, 3.05) is 39.3 Å². The first kappa shape index (κ1) is 53.0. The first-order valence-electron chi connectivity index (χ1n) is 22.1. The molecule has 1 aromatic heterocycles. The highest BCUT2D eigenvalue weighted by atomic mass is 16.4.